The summed E-state index contributed by atoms with van der Waals surface area (Å²) >= 11 is 0. The third kappa shape index (κ3) is 5.17. The van der Waals surface area contributed by atoms with Crippen LogP contribution in [0.5, 0.6) is 0 Å². The van der Waals surface area contributed by atoms with E-state index in [0.717, 1.165) is 36.0 Å². The average molecular weight is 442 g/mol. The van der Waals surface area contributed by atoms with Crippen molar-refractivity contribution in [2.75, 3.05) is 11.9 Å². The van der Waals surface area contributed by atoms with E-state index in [0.29, 0.717) is 23.4 Å². The van der Waals surface area contributed by atoms with Crippen molar-refractivity contribution >= 4 is 23.5 Å². The number of nitrogens with one attached hydrogen (secondary N) is 1. The first-order chi connectivity index (χ1) is 16.1. The van der Waals surface area contributed by atoms with Crippen molar-refractivity contribution in [2.24, 2.45) is 0 Å². The third-order valence-electron chi connectivity index (χ3n) is 5.78. The maximum absolute atomic E-state index is 12.7. The quantitative estimate of drug-likeness (QED) is 0.468. The summed E-state index contributed by atoms with van der Waals surface area (Å²) in [5.41, 5.74) is 4.02. The molecule has 0 aliphatic carbocycles. The number of anilines is 1. The molecule has 33 heavy (non-hydrogen) atoms. The lowest BCUT2D eigenvalue weighted by Gasteiger charge is -2.13. The SMILES string of the molecule is CCCCc1ccc2c(c1)C(=O)N(CCCC(=O)Nc1ccc(-c3ccccc3)cn1)C2=O. The van der Waals surface area contributed by atoms with E-state index in [9.17, 15) is 14.4 Å². The van der Waals surface area contributed by atoms with Crippen LogP contribution in [-0.2, 0) is 11.2 Å². The zero-order valence-electron chi connectivity index (χ0n) is 18.7. The Kier molecular flexibility index (Phi) is 6.93. The van der Waals surface area contributed by atoms with Gasteiger partial charge in [0.2, 0.25) is 5.91 Å². The first kappa shape index (κ1) is 22.4. The predicted molar refractivity (Wildman–Crippen MR) is 128 cm³/mol. The Balaban J connectivity index is 1.29. The van der Waals surface area contributed by atoms with Crippen molar-refractivity contribution in [1.29, 1.82) is 0 Å². The van der Waals surface area contributed by atoms with E-state index in [-0.39, 0.29) is 30.7 Å². The van der Waals surface area contributed by atoms with Crippen LogP contribution in [0.1, 0.15) is 58.9 Å². The molecule has 6 heteroatoms. The van der Waals surface area contributed by atoms with Crippen LogP contribution in [0.2, 0.25) is 0 Å². The Labute approximate surface area is 193 Å². The number of carbonyl (C=O) groups is 3. The van der Waals surface area contributed by atoms with E-state index in [2.05, 4.69) is 17.2 Å². The first-order valence-electron chi connectivity index (χ1n) is 11.4. The molecule has 0 atom stereocenters. The molecule has 168 valence electrons. The molecule has 0 fully saturated rings. The van der Waals surface area contributed by atoms with Gasteiger partial charge in [0.05, 0.1) is 11.1 Å². The topological polar surface area (TPSA) is 79.4 Å². The van der Waals surface area contributed by atoms with Crippen molar-refractivity contribution in [1.82, 2.24) is 9.88 Å². The van der Waals surface area contributed by atoms with Gasteiger partial charge in [0.25, 0.3) is 11.8 Å². The lowest BCUT2D eigenvalue weighted by molar-refractivity contribution is -0.116. The molecule has 0 saturated carbocycles. The average Bonchev–Trinajstić information content (AvgIpc) is 3.08. The van der Waals surface area contributed by atoms with Crippen LogP contribution in [0.25, 0.3) is 11.1 Å². The molecule has 1 aromatic heterocycles. The molecule has 1 aliphatic heterocycles. The van der Waals surface area contributed by atoms with Gasteiger partial charge in [-0.05, 0) is 54.7 Å². The van der Waals surface area contributed by atoms with Crippen LogP contribution >= 0.6 is 0 Å². The molecule has 1 aliphatic rings. The van der Waals surface area contributed by atoms with E-state index >= 15 is 0 Å². The number of nitrogens with zero attached hydrogens (tertiary/aromatic N) is 2. The normalized spacial score (nSPS) is 12.7. The van der Waals surface area contributed by atoms with Crippen molar-refractivity contribution in [3.63, 3.8) is 0 Å². The van der Waals surface area contributed by atoms with Gasteiger partial charge in [0.1, 0.15) is 5.82 Å². The molecule has 0 radical (unpaired) electrons. The van der Waals surface area contributed by atoms with Crippen molar-refractivity contribution in [2.45, 2.75) is 39.0 Å². The Bertz CT molecular complexity index is 1160. The summed E-state index contributed by atoms with van der Waals surface area (Å²) in [6.07, 6.45) is 5.32. The zero-order valence-corrected chi connectivity index (χ0v) is 18.7. The molecule has 0 spiro atoms. The van der Waals surface area contributed by atoms with E-state index < -0.39 is 0 Å². The van der Waals surface area contributed by atoms with Gasteiger partial charge >= 0.3 is 0 Å². The van der Waals surface area contributed by atoms with Gasteiger partial charge in [-0.1, -0.05) is 49.7 Å². The number of unbranched alkanes of at least 4 members (excludes halogenated alkanes) is 1. The number of benzene rings is 2. The van der Waals surface area contributed by atoms with Crippen LogP contribution in [0.3, 0.4) is 0 Å². The number of carbonyl (C=O) groups excluding carboxylic acids is 3. The number of aromatic nitrogens is 1. The van der Waals surface area contributed by atoms with E-state index in [4.69, 9.17) is 0 Å². The number of imide groups is 1. The molecular weight excluding hydrogens is 414 g/mol. The largest absolute Gasteiger partial charge is 0.311 e. The van der Waals surface area contributed by atoms with E-state index in [1.54, 1.807) is 18.3 Å². The second-order valence-corrected chi connectivity index (χ2v) is 8.20. The monoisotopic (exact) mass is 441 g/mol. The fourth-order valence-corrected chi connectivity index (χ4v) is 3.95. The van der Waals surface area contributed by atoms with Crippen LogP contribution in [0.15, 0.2) is 66.9 Å². The highest BCUT2D eigenvalue weighted by Gasteiger charge is 2.35. The zero-order chi connectivity index (χ0) is 23.2. The molecule has 2 heterocycles. The predicted octanol–water partition coefficient (Wildman–Crippen LogP) is 5.11. The molecule has 2 aromatic carbocycles. The molecule has 0 unspecified atom stereocenters. The maximum Gasteiger partial charge on any atom is 0.261 e. The Morgan fingerprint density at radius 3 is 2.42 bits per heavy atom. The van der Waals surface area contributed by atoms with Gasteiger partial charge in [-0.15, -0.1) is 0 Å². The summed E-state index contributed by atoms with van der Waals surface area (Å²) in [6, 6.07) is 19.1. The highest BCUT2D eigenvalue weighted by molar-refractivity contribution is 6.21. The third-order valence-corrected chi connectivity index (χ3v) is 5.78. The number of fused-ring (bicyclic) bond motifs is 1. The van der Waals surface area contributed by atoms with Gasteiger partial charge in [0.15, 0.2) is 0 Å². The van der Waals surface area contributed by atoms with Crippen LogP contribution in [0, 0.1) is 0 Å². The Hall–Kier alpha value is -3.80. The van der Waals surface area contributed by atoms with Gasteiger partial charge in [-0.3, -0.25) is 19.3 Å². The van der Waals surface area contributed by atoms with Crippen molar-refractivity contribution in [3.05, 3.63) is 83.6 Å². The number of pyridine rings is 1. The van der Waals surface area contributed by atoms with Gasteiger partial charge in [0, 0.05) is 24.7 Å². The molecule has 0 saturated heterocycles. The standard InChI is InChI=1S/C27H27N3O3/c1-2-3-8-19-12-14-22-23(17-19)27(33)30(26(22)32)16-7-11-25(31)29-24-15-13-21(18-28-24)20-9-5-4-6-10-20/h4-6,9-10,12-15,17-18H,2-3,7-8,11,16H2,1H3,(H,28,29,31). The number of amides is 3. The summed E-state index contributed by atoms with van der Waals surface area (Å²) in [6.45, 7) is 2.33. The van der Waals surface area contributed by atoms with Crippen LogP contribution < -0.4 is 5.32 Å². The summed E-state index contributed by atoms with van der Waals surface area (Å²) in [4.78, 5) is 43.3. The van der Waals surface area contributed by atoms with Crippen molar-refractivity contribution in [3.8, 4) is 11.1 Å². The number of rotatable bonds is 9. The van der Waals surface area contributed by atoms with Crippen molar-refractivity contribution < 1.29 is 14.4 Å². The first-order valence-corrected chi connectivity index (χ1v) is 11.4. The fourth-order valence-electron chi connectivity index (χ4n) is 3.95. The van der Waals surface area contributed by atoms with Gasteiger partial charge in [-0.25, -0.2) is 4.98 Å². The van der Waals surface area contributed by atoms with E-state index in [1.807, 2.05) is 48.5 Å². The van der Waals surface area contributed by atoms with Gasteiger partial charge in [-0.2, -0.15) is 0 Å². The minimum atomic E-state index is -0.282. The molecule has 4 rings (SSSR count). The summed E-state index contributed by atoms with van der Waals surface area (Å²) in [5.74, 6) is -0.281. The maximum atomic E-state index is 12.7. The lowest BCUT2D eigenvalue weighted by Crippen LogP contribution is -2.31. The second kappa shape index (κ2) is 10.2. The Morgan fingerprint density at radius 1 is 0.909 bits per heavy atom. The molecule has 6 nitrogen and oxygen atoms in total. The Morgan fingerprint density at radius 2 is 1.70 bits per heavy atom. The molecule has 0 bridgehead atoms. The highest BCUT2D eigenvalue weighted by atomic mass is 16.2. The number of hydrogen-bond acceptors (Lipinski definition) is 4. The smallest absolute Gasteiger partial charge is 0.261 e. The highest BCUT2D eigenvalue weighted by Crippen LogP contribution is 2.25. The molecule has 3 aromatic rings. The second-order valence-electron chi connectivity index (χ2n) is 8.20. The number of aryl methyl sites for hydroxylation is 1. The number of hydrogen-bond donors (Lipinski definition) is 1. The lowest BCUT2D eigenvalue weighted by atomic mass is 10.0. The summed E-state index contributed by atoms with van der Waals surface area (Å²) < 4.78 is 0. The molecule has 1 N–H and O–H groups in total. The molecular formula is C27H27N3O3. The fraction of sp³-hybridized carbons (Fsp3) is 0.259. The van der Waals surface area contributed by atoms with Crippen LogP contribution in [-0.4, -0.2) is 34.2 Å². The minimum Gasteiger partial charge on any atom is -0.311 e. The van der Waals surface area contributed by atoms with Gasteiger partial charge < -0.3 is 5.32 Å². The molecule has 3 amide bonds. The summed E-state index contributed by atoms with van der Waals surface area (Å²) in [7, 11) is 0. The minimum absolute atomic E-state index is 0.192. The summed E-state index contributed by atoms with van der Waals surface area (Å²) in [5, 5.41) is 2.77. The van der Waals surface area contributed by atoms with Crippen LogP contribution in [0.4, 0.5) is 5.82 Å². The van der Waals surface area contributed by atoms with E-state index in [1.165, 1.54) is 4.90 Å².